The molecule has 17 nitrogen and oxygen atoms in total. The molecule has 0 saturated heterocycles. The molecule has 0 aliphatic heterocycles. The van der Waals surface area contributed by atoms with E-state index >= 15 is 0 Å². The molecule has 0 fully saturated rings. The van der Waals surface area contributed by atoms with Crippen LogP contribution in [-0.4, -0.2) is 96.7 Å². The molecule has 0 aliphatic carbocycles. The van der Waals surface area contributed by atoms with Crippen LogP contribution >= 0.6 is 15.6 Å². The number of unbranched alkanes of at least 4 members (excludes halogenated alkanes) is 58. The maximum Gasteiger partial charge on any atom is 0.472 e. The minimum Gasteiger partial charge on any atom is -0.462 e. The molecule has 0 spiro atoms. The lowest BCUT2D eigenvalue weighted by atomic mass is 10.0. The molecule has 0 amide bonds. The molecule has 3 N–H and O–H groups in total. The van der Waals surface area contributed by atoms with E-state index in [0.29, 0.717) is 25.7 Å². The molecule has 0 saturated carbocycles. The van der Waals surface area contributed by atoms with Gasteiger partial charge >= 0.3 is 39.5 Å². The summed E-state index contributed by atoms with van der Waals surface area (Å²) in [7, 11) is -9.92. The van der Waals surface area contributed by atoms with Crippen LogP contribution in [0.1, 0.15) is 465 Å². The van der Waals surface area contributed by atoms with Gasteiger partial charge in [-0.15, -0.1) is 0 Å². The lowest BCUT2D eigenvalue weighted by Gasteiger charge is -2.21. The van der Waals surface area contributed by atoms with Crippen molar-refractivity contribution >= 4 is 39.5 Å². The van der Waals surface area contributed by atoms with E-state index in [1.165, 1.54) is 289 Å². The number of carbonyl (C=O) groups excluding carboxylic acids is 4. The van der Waals surface area contributed by atoms with E-state index < -0.39 is 97.5 Å². The largest absolute Gasteiger partial charge is 0.472 e. The topological polar surface area (TPSA) is 237 Å². The number of phosphoric ester groups is 2. The van der Waals surface area contributed by atoms with Gasteiger partial charge in [0, 0.05) is 25.7 Å². The van der Waals surface area contributed by atoms with E-state index in [9.17, 15) is 43.2 Å². The van der Waals surface area contributed by atoms with Gasteiger partial charge in [-0.1, -0.05) is 413 Å². The van der Waals surface area contributed by atoms with Crippen LogP contribution in [-0.2, 0) is 65.4 Å². The van der Waals surface area contributed by atoms with Crippen molar-refractivity contribution in [3.63, 3.8) is 0 Å². The van der Waals surface area contributed by atoms with Gasteiger partial charge in [-0.05, 0) is 31.6 Å². The third-order valence-corrected chi connectivity index (χ3v) is 22.2. The number of esters is 4. The van der Waals surface area contributed by atoms with Crippen LogP contribution in [0, 0.1) is 5.92 Å². The van der Waals surface area contributed by atoms with Crippen molar-refractivity contribution in [3.8, 4) is 0 Å². The number of aliphatic hydroxyl groups excluding tert-OH is 1. The van der Waals surface area contributed by atoms with Crippen LogP contribution in [0.25, 0.3) is 0 Å². The number of ether oxygens (including phenoxy) is 4. The molecular weight excluding hydrogens is 1370 g/mol. The first-order valence-electron chi connectivity index (χ1n) is 44.6. The molecule has 2 unspecified atom stereocenters. The second-order valence-electron chi connectivity index (χ2n) is 31.4. The molecule has 0 heterocycles. The molecule has 0 aromatic rings. The van der Waals surface area contributed by atoms with Crippen molar-refractivity contribution in [1.82, 2.24) is 0 Å². The van der Waals surface area contributed by atoms with Crippen LogP contribution in [0.3, 0.4) is 0 Å². The third-order valence-electron chi connectivity index (χ3n) is 20.3. The summed E-state index contributed by atoms with van der Waals surface area (Å²) in [5.41, 5.74) is 0. The molecule has 0 rings (SSSR count). The Hall–Kier alpha value is -1.94. The normalized spacial score (nSPS) is 13.8. The third kappa shape index (κ3) is 79.9. The van der Waals surface area contributed by atoms with Crippen LogP contribution < -0.4 is 0 Å². The van der Waals surface area contributed by atoms with Crippen LogP contribution in [0.4, 0.5) is 0 Å². The van der Waals surface area contributed by atoms with E-state index in [2.05, 4.69) is 34.6 Å². The molecule has 105 heavy (non-hydrogen) atoms. The summed E-state index contributed by atoms with van der Waals surface area (Å²) in [5.74, 6) is -1.38. The highest BCUT2D eigenvalue weighted by Gasteiger charge is 2.30. The summed E-state index contributed by atoms with van der Waals surface area (Å²) in [5, 5.41) is 10.7. The standard InChI is InChI=1S/C86H168O17P2/c1-6-9-12-15-18-21-24-27-29-31-33-35-37-39-41-43-46-48-54-59-64-69-83(88)96-75-81(102-86(91)72-67-62-57-50-47-44-42-40-38-36-34-32-30-28-25-22-19-16-13-10-7-2)77-100-104(92,93)98-73-80(87)74-99-105(94,95)101-78-82(76-97-84(89)70-65-60-55-52-51-53-58-63-68-79(4)5)103-85(90)71-66-61-56-49-45-26-23-20-17-14-11-8-3/h79-82,87H,6-78H2,1-5H3,(H,92,93)(H,94,95)/t80-,81-,82-/m1/s1. The van der Waals surface area contributed by atoms with Gasteiger partial charge in [-0.25, -0.2) is 9.13 Å². The fourth-order valence-electron chi connectivity index (χ4n) is 13.5. The SMILES string of the molecule is CCCCCCCCCCCCCCCCCCCCCCCC(=O)OC[C@H](COP(=O)(O)OC[C@@H](O)COP(=O)(O)OC[C@@H](COC(=O)CCCCCCCCCCC(C)C)OC(=O)CCCCCCCCCCCCCC)OC(=O)CCCCCCCCCCCCCCCCCCCCCCC. The summed E-state index contributed by atoms with van der Waals surface area (Å²) < 4.78 is 68.8. The van der Waals surface area contributed by atoms with Crippen LogP contribution in [0.5, 0.6) is 0 Å². The Kier molecular flexibility index (Phi) is 77.3. The maximum absolute atomic E-state index is 13.1. The zero-order valence-electron chi connectivity index (χ0n) is 68.9. The second kappa shape index (κ2) is 78.7. The van der Waals surface area contributed by atoms with Crippen molar-refractivity contribution in [2.75, 3.05) is 39.6 Å². The summed E-state index contributed by atoms with van der Waals surface area (Å²) in [4.78, 5) is 73.2. The van der Waals surface area contributed by atoms with E-state index in [-0.39, 0.29) is 25.7 Å². The Labute approximate surface area is 645 Å². The van der Waals surface area contributed by atoms with Crippen LogP contribution in [0.2, 0.25) is 0 Å². The van der Waals surface area contributed by atoms with Crippen molar-refractivity contribution in [2.45, 2.75) is 483 Å². The summed E-state index contributed by atoms with van der Waals surface area (Å²) in [6, 6.07) is 0. The smallest absolute Gasteiger partial charge is 0.462 e. The Bertz CT molecular complexity index is 2000. The molecule has 0 radical (unpaired) electrons. The van der Waals surface area contributed by atoms with E-state index in [1.807, 2.05) is 0 Å². The van der Waals surface area contributed by atoms with Crippen molar-refractivity contribution in [1.29, 1.82) is 0 Å². The van der Waals surface area contributed by atoms with E-state index in [4.69, 9.17) is 37.0 Å². The number of hydrogen-bond donors (Lipinski definition) is 3. The average Bonchev–Trinajstić information content (AvgIpc) is 0.908. The summed E-state index contributed by atoms with van der Waals surface area (Å²) >= 11 is 0. The zero-order chi connectivity index (χ0) is 76.9. The van der Waals surface area contributed by atoms with Crippen LogP contribution in [0.15, 0.2) is 0 Å². The number of hydrogen-bond acceptors (Lipinski definition) is 15. The fraction of sp³-hybridized carbons (Fsp3) is 0.953. The molecule has 0 aromatic heterocycles. The first-order chi connectivity index (χ1) is 51.0. The minimum atomic E-state index is -4.97. The number of rotatable bonds is 86. The monoisotopic (exact) mass is 1540 g/mol. The van der Waals surface area contributed by atoms with Gasteiger partial charge in [0.15, 0.2) is 12.2 Å². The Morgan fingerprint density at radius 3 is 0.648 bits per heavy atom. The predicted molar refractivity (Wildman–Crippen MR) is 432 cm³/mol. The number of carbonyl (C=O) groups is 4. The molecule has 19 heteroatoms. The van der Waals surface area contributed by atoms with Gasteiger partial charge in [0.2, 0.25) is 0 Å². The predicted octanol–water partition coefficient (Wildman–Crippen LogP) is 26.4. The van der Waals surface area contributed by atoms with Gasteiger partial charge in [-0.3, -0.25) is 37.3 Å². The maximum atomic E-state index is 13.1. The highest BCUT2D eigenvalue weighted by atomic mass is 31.2. The summed E-state index contributed by atoms with van der Waals surface area (Å²) in [6.07, 6.45) is 72.4. The van der Waals surface area contributed by atoms with Crippen molar-refractivity contribution in [3.05, 3.63) is 0 Å². The molecule has 0 bridgehead atoms. The van der Waals surface area contributed by atoms with Gasteiger partial charge in [0.1, 0.15) is 19.3 Å². The first-order valence-corrected chi connectivity index (χ1v) is 47.6. The lowest BCUT2D eigenvalue weighted by Crippen LogP contribution is -2.30. The van der Waals surface area contributed by atoms with E-state index in [0.717, 1.165) is 95.8 Å². The van der Waals surface area contributed by atoms with Gasteiger partial charge in [-0.2, -0.15) is 0 Å². The molecular formula is C86H168O17P2. The van der Waals surface area contributed by atoms with Gasteiger partial charge < -0.3 is 33.8 Å². The van der Waals surface area contributed by atoms with Crippen molar-refractivity contribution < 1.29 is 80.2 Å². The van der Waals surface area contributed by atoms with E-state index in [1.54, 1.807) is 0 Å². The molecule has 0 aliphatic rings. The summed E-state index contributed by atoms with van der Waals surface area (Å²) in [6.45, 7) is 7.32. The van der Waals surface area contributed by atoms with Crippen molar-refractivity contribution in [2.24, 2.45) is 5.92 Å². The highest BCUT2D eigenvalue weighted by Crippen LogP contribution is 2.45. The molecule has 0 aromatic carbocycles. The Morgan fingerprint density at radius 1 is 0.257 bits per heavy atom. The lowest BCUT2D eigenvalue weighted by molar-refractivity contribution is -0.161. The number of phosphoric acid groups is 2. The average molecular weight is 1540 g/mol. The molecule has 624 valence electrons. The minimum absolute atomic E-state index is 0.107. The van der Waals surface area contributed by atoms with Gasteiger partial charge in [0.25, 0.3) is 0 Å². The Balaban J connectivity index is 5.20. The Morgan fingerprint density at radius 2 is 0.438 bits per heavy atom. The quantitative estimate of drug-likeness (QED) is 0.0222. The second-order valence-corrected chi connectivity index (χ2v) is 34.3. The molecule has 5 atom stereocenters. The fourth-order valence-corrected chi connectivity index (χ4v) is 15.1. The highest BCUT2D eigenvalue weighted by molar-refractivity contribution is 7.47. The number of aliphatic hydroxyl groups is 1. The zero-order valence-corrected chi connectivity index (χ0v) is 70.7. The van der Waals surface area contributed by atoms with Gasteiger partial charge in [0.05, 0.1) is 26.4 Å². The first kappa shape index (κ1) is 103.